The standard InChI is InChI=1S/C17H14N2O2S/c1-9(2)10-3-11-6-15(22-16(11)12(4-10)7-18)14-5-13(8-19-14)17(20)21/h3-6,8-9,19H,1-2H3,(H,20,21). The van der Waals surface area contributed by atoms with Gasteiger partial charge in [0.1, 0.15) is 6.07 Å². The molecule has 0 atom stereocenters. The van der Waals surface area contributed by atoms with Crippen LogP contribution in [0.4, 0.5) is 0 Å². The molecule has 0 radical (unpaired) electrons. The lowest BCUT2D eigenvalue weighted by Gasteiger charge is -2.05. The second-order valence-electron chi connectivity index (χ2n) is 5.47. The van der Waals surface area contributed by atoms with Gasteiger partial charge in [-0.05, 0) is 41.1 Å². The molecule has 3 rings (SSSR count). The fraction of sp³-hybridized carbons (Fsp3) is 0.176. The molecule has 0 saturated carbocycles. The first-order chi connectivity index (χ1) is 10.5. The average Bonchev–Trinajstić information content (AvgIpc) is 3.12. The van der Waals surface area contributed by atoms with E-state index in [0.717, 1.165) is 26.2 Å². The van der Waals surface area contributed by atoms with Crippen LogP contribution in [0.2, 0.25) is 0 Å². The van der Waals surface area contributed by atoms with E-state index < -0.39 is 5.97 Å². The monoisotopic (exact) mass is 310 g/mol. The highest BCUT2D eigenvalue weighted by Gasteiger charge is 2.13. The molecule has 2 N–H and O–H groups in total. The third-order valence-electron chi connectivity index (χ3n) is 3.62. The van der Waals surface area contributed by atoms with Gasteiger partial charge in [-0.3, -0.25) is 0 Å². The van der Waals surface area contributed by atoms with Crippen LogP contribution in [-0.2, 0) is 0 Å². The summed E-state index contributed by atoms with van der Waals surface area (Å²) in [5.41, 5.74) is 2.79. The van der Waals surface area contributed by atoms with Crippen LogP contribution in [0.15, 0.2) is 30.5 Å². The Hall–Kier alpha value is -2.58. The molecule has 0 aliphatic carbocycles. The highest BCUT2D eigenvalue weighted by molar-refractivity contribution is 7.22. The number of aromatic amines is 1. The number of benzene rings is 1. The van der Waals surface area contributed by atoms with Crippen molar-refractivity contribution < 1.29 is 9.90 Å². The molecule has 0 bridgehead atoms. The number of thiophene rings is 1. The van der Waals surface area contributed by atoms with Crippen molar-refractivity contribution in [2.45, 2.75) is 19.8 Å². The molecular formula is C17H14N2O2S. The van der Waals surface area contributed by atoms with Gasteiger partial charge < -0.3 is 10.1 Å². The van der Waals surface area contributed by atoms with Gasteiger partial charge in [0, 0.05) is 6.20 Å². The predicted molar refractivity (Wildman–Crippen MR) is 87.4 cm³/mol. The van der Waals surface area contributed by atoms with Crippen LogP contribution in [0, 0.1) is 11.3 Å². The van der Waals surface area contributed by atoms with Crippen LogP contribution in [-0.4, -0.2) is 16.1 Å². The maximum Gasteiger partial charge on any atom is 0.337 e. The first kappa shape index (κ1) is 14.4. The number of fused-ring (bicyclic) bond motifs is 1. The highest BCUT2D eigenvalue weighted by Crippen LogP contribution is 2.36. The number of aromatic carboxylic acids is 1. The molecule has 3 aromatic rings. The maximum atomic E-state index is 11.0. The second-order valence-corrected chi connectivity index (χ2v) is 6.52. The van der Waals surface area contributed by atoms with Gasteiger partial charge in [0.05, 0.1) is 26.4 Å². The molecule has 0 aliphatic rings. The van der Waals surface area contributed by atoms with E-state index in [0.29, 0.717) is 11.5 Å². The second kappa shape index (κ2) is 5.32. The normalized spacial score (nSPS) is 11.0. The summed E-state index contributed by atoms with van der Waals surface area (Å²) in [5.74, 6) is -0.604. The Bertz CT molecular complexity index is 913. The van der Waals surface area contributed by atoms with Crippen molar-refractivity contribution >= 4 is 27.4 Å². The Morgan fingerprint density at radius 2 is 2.09 bits per heavy atom. The smallest absolute Gasteiger partial charge is 0.337 e. The zero-order valence-electron chi connectivity index (χ0n) is 12.2. The Morgan fingerprint density at radius 3 is 2.68 bits per heavy atom. The molecular weight excluding hydrogens is 296 g/mol. The van der Waals surface area contributed by atoms with Crippen molar-refractivity contribution in [3.8, 4) is 16.6 Å². The van der Waals surface area contributed by atoms with Gasteiger partial charge in [0.2, 0.25) is 0 Å². The summed E-state index contributed by atoms with van der Waals surface area (Å²) in [5, 5.41) is 19.4. The number of hydrogen-bond donors (Lipinski definition) is 2. The Labute approximate surface area is 131 Å². The van der Waals surface area contributed by atoms with E-state index >= 15 is 0 Å². The van der Waals surface area contributed by atoms with Crippen LogP contribution >= 0.6 is 11.3 Å². The summed E-state index contributed by atoms with van der Waals surface area (Å²) in [6.07, 6.45) is 1.48. The zero-order valence-corrected chi connectivity index (χ0v) is 13.0. The molecule has 0 saturated heterocycles. The lowest BCUT2D eigenvalue weighted by atomic mass is 9.99. The van der Waals surface area contributed by atoms with E-state index in [1.807, 2.05) is 12.1 Å². The van der Waals surface area contributed by atoms with Gasteiger partial charge in [0.25, 0.3) is 0 Å². The van der Waals surface area contributed by atoms with Crippen molar-refractivity contribution in [2.75, 3.05) is 0 Å². The highest BCUT2D eigenvalue weighted by atomic mass is 32.1. The van der Waals surface area contributed by atoms with Crippen molar-refractivity contribution in [2.24, 2.45) is 0 Å². The van der Waals surface area contributed by atoms with Crippen LogP contribution < -0.4 is 0 Å². The van der Waals surface area contributed by atoms with Crippen LogP contribution in [0.25, 0.3) is 20.7 Å². The number of H-pyrrole nitrogens is 1. The number of nitriles is 1. The molecule has 2 aromatic heterocycles. The zero-order chi connectivity index (χ0) is 15.9. The van der Waals surface area contributed by atoms with Crippen LogP contribution in [0.5, 0.6) is 0 Å². The first-order valence-corrected chi connectivity index (χ1v) is 7.71. The summed E-state index contributed by atoms with van der Waals surface area (Å²) in [6, 6.07) is 9.91. The largest absolute Gasteiger partial charge is 0.478 e. The molecule has 1 aromatic carbocycles. The number of rotatable bonds is 3. The van der Waals surface area contributed by atoms with Gasteiger partial charge in [-0.1, -0.05) is 13.8 Å². The van der Waals surface area contributed by atoms with Crippen LogP contribution in [0.3, 0.4) is 0 Å². The number of hydrogen-bond acceptors (Lipinski definition) is 3. The number of carboxylic acid groups (broad SMARTS) is 1. The van der Waals surface area contributed by atoms with Gasteiger partial charge >= 0.3 is 5.97 Å². The van der Waals surface area contributed by atoms with Crippen LogP contribution in [0.1, 0.15) is 41.3 Å². The van der Waals surface area contributed by atoms with Crippen molar-refractivity contribution in [3.63, 3.8) is 0 Å². The molecule has 22 heavy (non-hydrogen) atoms. The van der Waals surface area contributed by atoms with E-state index in [4.69, 9.17) is 5.11 Å². The Balaban J connectivity index is 2.16. The van der Waals surface area contributed by atoms with E-state index in [-0.39, 0.29) is 5.56 Å². The Kier molecular flexibility index (Phi) is 3.47. The van der Waals surface area contributed by atoms with E-state index in [9.17, 15) is 10.1 Å². The topological polar surface area (TPSA) is 76.9 Å². The van der Waals surface area contributed by atoms with Crippen molar-refractivity contribution in [1.29, 1.82) is 5.26 Å². The summed E-state index contributed by atoms with van der Waals surface area (Å²) in [6.45, 7) is 4.19. The number of nitrogens with one attached hydrogen (secondary N) is 1. The van der Waals surface area contributed by atoms with Crippen molar-refractivity contribution in [1.82, 2.24) is 4.98 Å². The van der Waals surface area contributed by atoms with E-state index in [2.05, 4.69) is 31.0 Å². The molecule has 0 aliphatic heterocycles. The summed E-state index contributed by atoms with van der Waals surface area (Å²) >= 11 is 1.50. The van der Waals surface area contributed by atoms with Gasteiger partial charge in [-0.2, -0.15) is 5.26 Å². The number of carbonyl (C=O) groups is 1. The minimum absolute atomic E-state index is 0.232. The van der Waals surface area contributed by atoms with E-state index in [1.54, 1.807) is 6.07 Å². The van der Waals surface area contributed by atoms with E-state index in [1.165, 1.54) is 17.5 Å². The van der Waals surface area contributed by atoms with Gasteiger partial charge in [-0.25, -0.2) is 4.79 Å². The third kappa shape index (κ3) is 2.38. The first-order valence-electron chi connectivity index (χ1n) is 6.89. The quantitative estimate of drug-likeness (QED) is 0.742. The molecule has 0 unspecified atom stereocenters. The number of nitrogens with zero attached hydrogens (tertiary/aromatic N) is 1. The lowest BCUT2D eigenvalue weighted by molar-refractivity contribution is 0.0697. The summed E-state index contributed by atoms with van der Waals surface area (Å²) < 4.78 is 0.938. The number of carboxylic acids is 1. The fourth-order valence-corrected chi connectivity index (χ4v) is 3.47. The maximum absolute atomic E-state index is 11.0. The SMILES string of the molecule is CC(C)c1cc(C#N)c2sc(-c3cc(C(=O)O)c[nH]3)cc2c1. The molecule has 110 valence electrons. The summed E-state index contributed by atoms with van der Waals surface area (Å²) in [4.78, 5) is 14.9. The average molecular weight is 310 g/mol. The third-order valence-corrected chi connectivity index (χ3v) is 4.84. The summed E-state index contributed by atoms with van der Waals surface area (Å²) in [7, 11) is 0. The molecule has 5 heteroatoms. The number of aromatic nitrogens is 1. The molecule has 0 spiro atoms. The molecule has 0 fully saturated rings. The van der Waals surface area contributed by atoms with Crippen molar-refractivity contribution in [3.05, 3.63) is 47.2 Å². The van der Waals surface area contributed by atoms with Gasteiger partial charge in [-0.15, -0.1) is 11.3 Å². The predicted octanol–water partition coefficient (Wildman–Crippen LogP) is 4.59. The fourth-order valence-electron chi connectivity index (χ4n) is 2.39. The van der Waals surface area contributed by atoms with Gasteiger partial charge in [0.15, 0.2) is 0 Å². The Morgan fingerprint density at radius 1 is 1.32 bits per heavy atom. The molecule has 2 heterocycles. The lowest BCUT2D eigenvalue weighted by Crippen LogP contribution is -1.91. The molecule has 4 nitrogen and oxygen atoms in total. The molecule has 0 amide bonds. The minimum Gasteiger partial charge on any atom is -0.478 e. The minimum atomic E-state index is -0.955.